The lowest BCUT2D eigenvalue weighted by atomic mass is 9.98. The number of rotatable bonds is 0. The molecule has 0 aromatic heterocycles. The van der Waals surface area contributed by atoms with Crippen molar-refractivity contribution in [2.24, 2.45) is 0 Å². The van der Waals surface area contributed by atoms with Crippen molar-refractivity contribution in [3.63, 3.8) is 0 Å². The number of cyclic esters (lactones) is 1. The predicted octanol–water partition coefficient (Wildman–Crippen LogP) is 2.11. The van der Waals surface area contributed by atoms with Crippen molar-refractivity contribution in [3.8, 4) is 0 Å². The molecule has 0 amide bonds. The summed E-state index contributed by atoms with van der Waals surface area (Å²) in [5.74, 6) is -0.107. The second-order valence-corrected chi connectivity index (χ2v) is 3.78. The number of aryl methyl sites for hydroxylation is 1. The molecule has 1 atom stereocenters. The first-order chi connectivity index (χ1) is 6.75. The maximum absolute atomic E-state index is 11.4. The Bertz CT molecular complexity index is 344. The molecule has 1 aliphatic heterocycles. The van der Waals surface area contributed by atoms with Gasteiger partial charge in [0.15, 0.2) is 0 Å². The number of benzene rings is 1. The van der Waals surface area contributed by atoms with Crippen LogP contribution in [-0.4, -0.2) is 12.1 Å². The van der Waals surface area contributed by atoms with Gasteiger partial charge in [-0.1, -0.05) is 24.3 Å². The van der Waals surface area contributed by atoms with Gasteiger partial charge in [-0.05, 0) is 30.9 Å². The number of hydrogen-bond donors (Lipinski definition) is 0. The monoisotopic (exact) mass is 190 g/mol. The zero-order valence-corrected chi connectivity index (χ0v) is 8.32. The summed E-state index contributed by atoms with van der Waals surface area (Å²) in [4.78, 5) is 11.4. The molecule has 0 fully saturated rings. The molecule has 2 rings (SSSR count). The van der Waals surface area contributed by atoms with Gasteiger partial charge in [0.25, 0.3) is 0 Å². The van der Waals surface area contributed by atoms with Gasteiger partial charge in [-0.25, -0.2) is 0 Å². The number of hydrogen-bond acceptors (Lipinski definition) is 2. The third-order valence-electron chi connectivity index (χ3n) is 2.61. The third-order valence-corrected chi connectivity index (χ3v) is 2.61. The molecule has 74 valence electrons. The summed E-state index contributed by atoms with van der Waals surface area (Å²) in [5.41, 5.74) is 2.40. The maximum Gasteiger partial charge on any atom is 0.310 e. The van der Waals surface area contributed by atoms with Crippen molar-refractivity contribution in [2.45, 2.75) is 32.3 Å². The van der Waals surface area contributed by atoms with E-state index in [-0.39, 0.29) is 12.1 Å². The Morgan fingerprint density at radius 1 is 1.29 bits per heavy atom. The molecule has 0 radical (unpaired) electrons. The summed E-state index contributed by atoms with van der Waals surface area (Å²) >= 11 is 0. The average Bonchev–Trinajstić information content (AvgIpc) is 2.14. The summed E-state index contributed by atoms with van der Waals surface area (Å²) < 4.78 is 5.21. The number of esters is 1. The van der Waals surface area contributed by atoms with Gasteiger partial charge in [-0.2, -0.15) is 0 Å². The highest BCUT2D eigenvalue weighted by Gasteiger charge is 2.16. The number of carbonyl (C=O) groups is 1. The SMILES string of the molecule is CC1CCc2ccccc2CC(=O)O1. The summed E-state index contributed by atoms with van der Waals surface area (Å²) in [7, 11) is 0. The van der Waals surface area contributed by atoms with E-state index in [1.165, 1.54) is 5.56 Å². The summed E-state index contributed by atoms with van der Waals surface area (Å²) in [5, 5.41) is 0. The number of ether oxygens (including phenoxy) is 1. The van der Waals surface area contributed by atoms with Crippen LogP contribution in [0.25, 0.3) is 0 Å². The molecule has 1 aromatic rings. The molecule has 2 heteroatoms. The van der Waals surface area contributed by atoms with Crippen LogP contribution >= 0.6 is 0 Å². The van der Waals surface area contributed by atoms with Crippen molar-refractivity contribution in [1.82, 2.24) is 0 Å². The smallest absolute Gasteiger partial charge is 0.310 e. The Labute approximate surface area is 83.9 Å². The lowest BCUT2D eigenvalue weighted by Crippen LogP contribution is -2.20. The Morgan fingerprint density at radius 2 is 2.00 bits per heavy atom. The lowest BCUT2D eigenvalue weighted by Gasteiger charge is -2.18. The molecular weight excluding hydrogens is 176 g/mol. The number of carbonyl (C=O) groups excluding carboxylic acids is 1. The van der Waals surface area contributed by atoms with Crippen molar-refractivity contribution in [3.05, 3.63) is 35.4 Å². The van der Waals surface area contributed by atoms with Crippen molar-refractivity contribution < 1.29 is 9.53 Å². The molecule has 2 nitrogen and oxygen atoms in total. The van der Waals surface area contributed by atoms with E-state index in [9.17, 15) is 4.79 Å². The zero-order valence-electron chi connectivity index (χ0n) is 8.32. The second kappa shape index (κ2) is 3.82. The van der Waals surface area contributed by atoms with Gasteiger partial charge in [-0.15, -0.1) is 0 Å². The van der Waals surface area contributed by atoms with Crippen molar-refractivity contribution in [2.75, 3.05) is 0 Å². The Kier molecular flexibility index (Phi) is 2.53. The summed E-state index contributed by atoms with van der Waals surface area (Å²) in [6.45, 7) is 1.95. The van der Waals surface area contributed by atoms with Crippen LogP contribution in [0.3, 0.4) is 0 Å². The minimum absolute atomic E-state index is 0.0517. The summed E-state index contributed by atoms with van der Waals surface area (Å²) in [6.07, 6.45) is 2.39. The van der Waals surface area contributed by atoms with E-state index in [2.05, 4.69) is 6.07 Å². The molecule has 0 saturated heterocycles. The van der Waals surface area contributed by atoms with E-state index in [0.717, 1.165) is 18.4 Å². The van der Waals surface area contributed by atoms with E-state index in [0.29, 0.717) is 6.42 Å². The molecular formula is C12H14O2. The van der Waals surface area contributed by atoms with Gasteiger partial charge in [0.1, 0.15) is 0 Å². The standard InChI is InChI=1S/C12H14O2/c1-9-6-7-10-4-2-3-5-11(10)8-12(13)14-9/h2-5,9H,6-8H2,1H3. The van der Waals surface area contributed by atoms with Crippen LogP contribution in [0.2, 0.25) is 0 Å². The average molecular weight is 190 g/mol. The van der Waals surface area contributed by atoms with E-state index in [1.54, 1.807) is 0 Å². The quantitative estimate of drug-likeness (QED) is 0.586. The van der Waals surface area contributed by atoms with Gasteiger partial charge in [0.05, 0.1) is 12.5 Å². The Hall–Kier alpha value is -1.31. The fourth-order valence-electron chi connectivity index (χ4n) is 1.81. The van der Waals surface area contributed by atoms with Gasteiger partial charge < -0.3 is 4.74 Å². The zero-order chi connectivity index (χ0) is 9.97. The molecule has 1 aromatic carbocycles. The minimum Gasteiger partial charge on any atom is -0.462 e. The van der Waals surface area contributed by atoms with Gasteiger partial charge in [0.2, 0.25) is 0 Å². The van der Waals surface area contributed by atoms with Crippen LogP contribution < -0.4 is 0 Å². The van der Waals surface area contributed by atoms with Crippen LogP contribution in [-0.2, 0) is 22.4 Å². The van der Waals surface area contributed by atoms with Gasteiger partial charge in [-0.3, -0.25) is 4.79 Å². The Balaban J connectivity index is 2.28. The normalized spacial score (nSPS) is 21.8. The fraction of sp³-hybridized carbons (Fsp3) is 0.417. The molecule has 0 saturated carbocycles. The van der Waals surface area contributed by atoms with Crippen LogP contribution in [0.5, 0.6) is 0 Å². The Morgan fingerprint density at radius 3 is 2.79 bits per heavy atom. The molecule has 1 aliphatic rings. The highest BCUT2D eigenvalue weighted by Crippen LogP contribution is 2.17. The van der Waals surface area contributed by atoms with Crippen LogP contribution in [0, 0.1) is 0 Å². The van der Waals surface area contributed by atoms with E-state index >= 15 is 0 Å². The van der Waals surface area contributed by atoms with Gasteiger partial charge >= 0.3 is 5.97 Å². The van der Waals surface area contributed by atoms with Crippen molar-refractivity contribution >= 4 is 5.97 Å². The highest BCUT2D eigenvalue weighted by atomic mass is 16.5. The molecule has 0 bridgehead atoms. The summed E-state index contributed by atoms with van der Waals surface area (Å²) in [6, 6.07) is 8.10. The highest BCUT2D eigenvalue weighted by molar-refractivity contribution is 5.73. The topological polar surface area (TPSA) is 26.3 Å². The second-order valence-electron chi connectivity index (χ2n) is 3.78. The predicted molar refractivity (Wildman–Crippen MR) is 54.0 cm³/mol. The molecule has 0 spiro atoms. The van der Waals surface area contributed by atoms with Crippen LogP contribution in [0.1, 0.15) is 24.5 Å². The minimum atomic E-state index is -0.107. The molecule has 14 heavy (non-hydrogen) atoms. The lowest BCUT2D eigenvalue weighted by molar-refractivity contribution is -0.147. The first-order valence-electron chi connectivity index (χ1n) is 5.02. The first kappa shape index (κ1) is 9.25. The van der Waals surface area contributed by atoms with Crippen molar-refractivity contribution in [1.29, 1.82) is 0 Å². The van der Waals surface area contributed by atoms with E-state index in [1.807, 2.05) is 25.1 Å². The number of fused-ring (bicyclic) bond motifs is 1. The molecule has 1 heterocycles. The van der Waals surface area contributed by atoms with E-state index < -0.39 is 0 Å². The fourth-order valence-corrected chi connectivity index (χ4v) is 1.81. The van der Waals surface area contributed by atoms with E-state index in [4.69, 9.17) is 4.74 Å². The third kappa shape index (κ3) is 1.95. The van der Waals surface area contributed by atoms with Crippen LogP contribution in [0.4, 0.5) is 0 Å². The van der Waals surface area contributed by atoms with Gasteiger partial charge in [0, 0.05) is 0 Å². The largest absolute Gasteiger partial charge is 0.462 e. The molecule has 1 unspecified atom stereocenters. The maximum atomic E-state index is 11.4. The first-order valence-corrected chi connectivity index (χ1v) is 5.02. The molecule has 0 aliphatic carbocycles. The molecule has 0 N–H and O–H groups in total. The van der Waals surface area contributed by atoms with Crippen LogP contribution in [0.15, 0.2) is 24.3 Å².